The van der Waals surface area contributed by atoms with Crippen LogP contribution in [0.25, 0.3) is 0 Å². The van der Waals surface area contributed by atoms with E-state index in [2.05, 4.69) is 4.74 Å². The van der Waals surface area contributed by atoms with Gasteiger partial charge in [-0.1, -0.05) is 0 Å². The predicted octanol–water partition coefficient (Wildman–Crippen LogP) is 1.28. The molecule has 0 saturated heterocycles. The van der Waals surface area contributed by atoms with Crippen molar-refractivity contribution >= 4 is 12.4 Å². The molecule has 0 saturated carbocycles. The van der Waals surface area contributed by atoms with Crippen molar-refractivity contribution in [1.29, 1.82) is 0 Å². The molecular weight excluding hydrogens is 172 g/mol. The Bertz CT molecular complexity index is 200. The molecule has 0 rings (SSSR count). The minimum atomic E-state index is -1.21. The van der Waals surface area contributed by atoms with Gasteiger partial charge in [-0.15, -0.1) is 0 Å². The SMILES string of the molecule is CC(C)(C)OC(=O)C(C)(C)OC=O. The van der Waals surface area contributed by atoms with Crippen LogP contribution < -0.4 is 0 Å². The maximum absolute atomic E-state index is 11.4. The van der Waals surface area contributed by atoms with Crippen LogP contribution >= 0.6 is 0 Å². The highest BCUT2D eigenvalue weighted by molar-refractivity contribution is 5.80. The van der Waals surface area contributed by atoms with E-state index in [1.54, 1.807) is 20.8 Å². The Balaban J connectivity index is 4.33. The molecule has 0 fully saturated rings. The van der Waals surface area contributed by atoms with Crippen molar-refractivity contribution in [3.05, 3.63) is 0 Å². The summed E-state index contributed by atoms with van der Waals surface area (Å²) >= 11 is 0. The van der Waals surface area contributed by atoms with Crippen LogP contribution in [0, 0.1) is 0 Å². The summed E-state index contributed by atoms with van der Waals surface area (Å²) in [6.07, 6.45) is 0. The quantitative estimate of drug-likeness (QED) is 0.494. The van der Waals surface area contributed by atoms with Crippen molar-refractivity contribution in [1.82, 2.24) is 0 Å². The smallest absolute Gasteiger partial charge is 0.350 e. The van der Waals surface area contributed by atoms with Crippen LogP contribution in [0.3, 0.4) is 0 Å². The number of esters is 1. The Hall–Kier alpha value is -1.06. The molecule has 0 aromatic carbocycles. The Labute approximate surface area is 78.2 Å². The van der Waals surface area contributed by atoms with Gasteiger partial charge in [0, 0.05) is 0 Å². The van der Waals surface area contributed by atoms with E-state index in [0.29, 0.717) is 0 Å². The zero-order valence-electron chi connectivity index (χ0n) is 8.71. The lowest BCUT2D eigenvalue weighted by Gasteiger charge is -2.26. The lowest BCUT2D eigenvalue weighted by atomic mass is 10.1. The molecule has 0 aromatic rings. The summed E-state index contributed by atoms with van der Waals surface area (Å²) in [6, 6.07) is 0. The highest BCUT2D eigenvalue weighted by Crippen LogP contribution is 2.16. The van der Waals surface area contributed by atoms with E-state index in [9.17, 15) is 9.59 Å². The number of ether oxygens (including phenoxy) is 2. The highest BCUT2D eigenvalue weighted by Gasteiger charge is 2.34. The fourth-order valence-electron chi connectivity index (χ4n) is 0.569. The Morgan fingerprint density at radius 3 is 1.92 bits per heavy atom. The lowest BCUT2D eigenvalue weighted by molar-refractivity contribution is -0.181. The summed E-state index contributed by atoms with van der Waals surface area (Å²) in [7, 11) is 0. The normalized spacial score (nSPS) is 12.1. The molecule has 0 N–H and O–H groups in total. The van der Waals surface area contributed by atoms with Gasteiger partial charge in [0.15, 0.2) is 0 Å². The first-order valence-corrected chi connectivity index (χ1v) is 4.04. The average Bonchev–Trinajstić information content (AvgIpc) is 1.82. The van der Waals surface area contributed by atoms with Gasteiger partial charge in [0.1, 0.15) is 5.60 Å². The maximum atomic E-state index is 11.4. The molecule has 0 aliphatic rings. The number of hydrogen-bond donors (Lipinski definition) is 0. The first-order chi connectivity index (χ1) is 5.69. The van der Waals surface area contributed by atoms with Gasteiger partial charge >= 0.3 is 5.97 Å². The molecule has 0 aliphatic heterocycles. The molecule has 0 spiro atoms. The third-order valence-corrected chi connectivity index (χ3v) is 1.23. The third kappa shape index (κ3) is 4.50. The van der Waals surface area contributed by atoms with Gasteiger partial charge < -0.3 is 9.47 Å². The van der Waals surface area contributed by atoms with Crippen molar-refractivity contribution in [2.24, 2.45) is 0 Å². The van der Waals surface area contributed by atoms with Gasteiger partial charge in [-0.05, 0) is 34.6 Å². The molecule has 0 atom stereocenters. The molecule has 0 aliphatic carbocycles. The minimum Gasteiger partial charge on any atom is -0.457 e. The van der Waals surface area contributed by atoms with E-state index in [1.165, 1.54) is 13.8 Å². The minimum absolute atomic E-state index is 0.240. The van der Waals surface area contributed by atoms with E-state index in [4.69, 9.17) is 4.74 Å². The van der Waals surface area contributed by atoms with E-state index in [0.717, 1.165) is 0 Å². The number of carbonyl (C=O) groups excluding carboxylic acids is 2. The zero-order chi connectivity index (χ0) is 10.7. The van der Waals surface area contributed by atoms with E-state index >= 15 is 0 Å². The van der Waals surface area contributed by atoms with Crippen LogP contribution in [-0.4, -0.2) is 23.6 Å². The Morgan fingerprint density at radius 1 is 1.15 bits per heavy atom. The van der Waals surface area contributed by atoms with Gasteiger partial charge in [0.05, 0.1) is 0 Å². The molecule has 76 valence electrons. The van der Waals surface area contributed by atoms with Crippen molar-refractivity contribution in [2.75, 3.05) is 0 Å². The van der Waals surface area contributed by atoms with Crippen molar-refractivity contribution in [3.8, 4) is 0 Å². The molecular formula is C9H16O4. The fraction of sp³-hybridized carbons (Fsp3) is 0.778. The van der Waals surface area contributed by atoms with Crippen LogP contribution in [0.2, 0.25) is 0 Å². The van der Waals surface area contributed by atoms with Gasteiger partial charge in [-0.25, -0.2) is 4.79 Å². The second-order valence-electron chi connectivity index (χ2n) is 4.23. The molecule has 0 heterocycles. The molecule has 13 heavy (non-hydrogen) atoms. The topological polar surface area (TPSA) is 52.6 Å². The summed E-state index contributed by atoms with van der Waals surface area (Å²) in [5.74, 6) is -0.549. The highest BCUT2D eigenvalue weighted by atomic mass is 16.6. The van der Waals surface area contributed by atoms with Crippen LogP contribution in [0.15, 0.2) is 0 Å². The third-order valence-electron chi connectivity index (χ3n) is 1.23. The van der Waals surface area contributed by atoms with E-state index < -0.39 is 17.2 Å². The van der Waals surface area contributed by atoms with Crippen molar-refractivity contribution in [3.63, 3.8) is 0 Å². The zero-order valence-corrected chi connectivity index (χ0v) is 8.71. The molecule has 0 amide bonds. The van der Waals surface area contributed by atoms with Crippen LogP contribution in [0.1, 0.15) is 34.6 Å². The Morgan fingerprint density at radius 2 is 1.62 bits per heavy atom. The first kappa shape index (κ1) is 11.9. The van der Waals surface area contributed by atoms with E-state index in [1.807, 2.05) is 0 Å². The lowest BCUT2D eigenvalue weighted by Crippen LogP contribution is -2.40. The summed E-state index contributed by atoms with van der Waals surface area (Å²) in [5, 5.41) is 0. The van der Waals surface area contributed by atoms with Crippen molar-refractivity contribution < 1.29 is 19.1 Å². The molecule has 4 nitrogen and oxygen atoms in total. The van der Waals surface area contributed by atoms with Crippen LogP contribution in [0.5, 0.6) is 0 Å². The van der Waals surface area contributed by atoms with Crippen LogP contribution in [-0.2, 0) is 19.1 Å². The van der Waals surface area contributed by atoms with Gasteiger partial charge in [0.2, 0.25) is 5.60 Å². The molecule has 4 heteroatoms. The number of hydrogen-bond acceptors (Lipinski definition) is 4. The summed E-state index contributed by atoms with van der Waals surface area (Å²) in [6.45, 7) is 8.46. The summed E-state index contributed by atoms with van der Waals surface area (Å²) in [4.78, 5) is 21.4. The van der Waals surface area contributed by atoms with Gasteiger partial charge in [-0.2, -0.15) is 0 Å². The average molecular weight is 188 g/mol. The largest absolute Gasteiger partial charge is 0.457 e. The molecule has 0 radical (unpaired) electrons. The molecule has 0 bridgehead atoms. The maximum Gasteiger partial charge on any atom is 0.350 e. The number of rotatable bonds is 3. The monoisotopic (exact) mass is 188 g/mol. The Kier molecular flexibility index (Phi) is 3.46. The number of carbonyl (C=O) groups is 2. The molecule has 0 unspecified atom stereocenters. The second kappa shape index (κ2) is 3.77. The standard InChI is InChI=1S/C9H16O4/c1-8(2,3)13-7(11)9(4,5)12-6-10/h6H,1-5H3. The van der Waals surface area contributed by atoms with Gasteiger partial charge in [0.25, 0.3) is 6.47 Å². The fourth-order valence-corrected chi connectivity index (χ4v) is 0.569. The predicted molar refractivity (Wildman–Crippen MR) is 47.1 cm³/mol. The van der Waals surface area contributed by atoms with Crippen LogP contribution in [0.4, 0.5) is 0 Å². The first-order valence-electron chi connectivity index (χ1n) is 4.04. The molecule has 0 aromatic heterocycles. The summed E-state index contributed by atoms with van der Waals surface area (Å²) in [5.41, 5.74) is -1.78. The second-order valence-corrected chi connectivity index (χ2v) is 4.23. The summed E-state index contributed by atoms with van der Waals surface area (Å²) < 4.78 is 9.61. The van der Waals surface area contributed by atoms with Crippen molar-refractivity contribution in [2.45, 2.75) is 45.8 Å². The van der Waals surface area contributed by atoms with Gasteiger partial charge in [-0.3, -0.25) is 4.79 Å². The van der Waals surface area contributed by atoms with E-state index in [-0.39, 0.29) is 6.47 Å².